The van der Waals surface area contributed by atoms with Crippen molar-refractivity contribution in [1.82, 2.24) is 10.2 Å². The third kappa shape index (κ3) is 5.12. The molecule has 0 spiro atoms. The molecule has 1 heterocycles. The predicted molar refractivity (Wildman–Crippen MR) is 89.3 cm³/mol. The maximum absolute atomic E-state index is 11.7. The van der Waals surface area contributed by atoms with Gasteiger partial charge in [0.2, 0.25) is 12.7 Å². The smallest absolute Gasteiger partial charge is 0.331 e. The summed E-state index contributed by atoms with van der Waals surface area (Å²) in [7, 11) is 2.91. The molecule has 134 valence electrons. The number of carbonyl (C=O) groups excluding carboxylic acids is 3. The Kier molecular flexibility index (Phi) is 6.24. The molecule has 25 heavy (non-hydrogen) atoms. The fraction of sp³-hybridized carbons (Fsp3) is 0.312. The molecule has 8 nitrogen and oxygen atoms in total. The lowest BCUT2D eigenvalue weighted by atomic mass is 10.2. The van der Waals surface area contributed by atoms with Gasteiger partial charge in [-0.15, -0.1) is 0 Å². The predicted octanol–water partition coefficient (Wildman–Crippen LogP) is 0.830. The average molecular weight is 369 g/mol. The maximum Gasteiger partial charge on any atom is 0.331 e. The summed E-state index contributed by atoms with van der Waals surface area (Å²) in [5, 5.41) is 2.76. The van der Waals surface area contributed by atoms with Crippen molar-refractivity contribution in [2.24, 2.45) is 0 Å². The molecule has 0 atom stereocenters. The Bertz CT molecular complexity index is 719. The number of ether oxygens (including phenoxy) is 3. The van der Waals surface area contributed by atoms with E-state index < -0.39 is 18.5 Å². The van der Waals surface area contributed by atoms with Crippen LogP contribution in [0.25, 0.3) is 6.08 Å². The molecular formula is C16H17ClN2O6. The standard InChI is InChI=1S/C16H17ClN2O6/c1-18-13(20)7-19(2)14(21)8-23-15(22)4-3-10-5-11(17)16-12(6-10)24-9-25-16/h3-6H,7-9H2,1-2H3,(H,18,20)/b4-3+. The lowest BCUT2D eigenvalue weighted by Crippen LogP contribution is -2.38. The van der Waals surface area contributed by atoms with E-state index in [4.69, 9.17) is 25.8 Å². The minimum Gasteiger partial charge on any atom is -0.454 e. The molecule has 1 aromatic carbocycles. The van der Waals surface area contributed by atoms with Crippen LogP contribution < -0.4 is 14.8 Å². The number of carbonyl (C=O) groups is 3. The Morgan fingerprint density at radius 2 is 2.12 bits per heavy atom. The van der Waals surface area contributed by atoms with Crippen LogP contribution in [0.4, 0.5) is 0 Å². The number of nitrogens with zero attached hydrogens (tertiary/aromatic N) is 1. The Morgan fingerprint density at radius 1 is 1.36 bits per heavy atom. The molecule has 1 aliphatic heterocycles. The average Bonchev–Trinajstić information content (AvgIpc) is 3.06. The number of hydrogen-bond acceptors (Lipinski definition) is 6. The van der Waals surface area contributed by atoms with Crippen LogP contribution in [0.1, 0.15) is 5.56 Å². The fourth-order valence-corrected chi connectivity index (χ4v) is 2.20. The van der Waals surface area contributed by atoms with Crippen molar-refractivity contribution in [3.63, 3.8) is 0 Å². The summed E-state index contributed by atoms with van der Waals surface area (Å²) in [5.74, 6) is -0.550. The van der Waals surface area contributed by atoms with Gasteiger partial charge in [-0.3, -0.25) is 9.59 Å². The van der Waals surface area contributed by atoms with Crippen molar-refractivity contribution in [3.8, 4) is 11.5 Å². The Morgan fingerprint density at radius 3 is 2.84 bits per heavy atom. The molecule has 1 aromatic rings. The number of hydrogen-bond donors (Lipinski definition) is 1. The maximum atomic E-state index is 11.7. The normalized spacial score (nSPS) is 12.1. The van der Waals surface area contributed by atoms with Gasteiger partial charge in [0.05, 0.1) is 11.6 Å². The van der Waals surface area contributed by atoms with E-state index in [-0.39, 0.29) is 19.2 Å². The Labute approximate surface area is 149 Å². The number of nitrogens with one attached hydrogen (secondary N) is 1. The molecule has 2 rings (SSSR count). The highest BCUT2D eigenvalue weighted by atomic mass is 35.5. The summed E-state index contributed by atoms with van der Waals surface area (Å²) >= 11 is 6.04. The van der Waals surface area contributed by atoms with E-state index in [2.05, 4.69) is 5.32 Å². The van der Waals surface area contributed by atoms with Crippen LogP contribution in [0.15, 0.2) is 18.2 Å². The van der Waals surface area contributed by atoms with Crippen molar-refractivity contribution in [1.29, 1.82) is 0 Å². The number of rotatable bonds is 6. The first-order valence-corrected chi connectivity index (χ1v) is 7.67. The van der Waals surface area contributed by atoms with Crippen LogP contribution in [-0.2, 0) is 19.1 Å². The van der Waals surface area contributed by atoms with Crippen LogP contribution in [-0.4, -0.2) is 56.7 Å². The van der Waals surface area contributed by atoms with Crippen molar-refractivity contribution in [3.05, 3.63) is 28.8 Å². The molecule has 1 aliphatic rings. The third-order valence-electron chi connectivity index (χ3n) is 3.28. The first-order valence-electron chi connectivity index (χ1n) is 7.29. The number of amides is 2. The van der Waals surface area contributed by atoms with E-state index in [9.17, 15) is 14.4 Å². The van der Waals surface area contributed by atoms with E-state index in [0.29, 0.717) is 22.1 Å². The Hall–Kier alpha value is -2.74. The summed E-state index contributed by atoms with van der Waals surface area (Å²) in [6.45, 7) is -0.479. The molecule has 0 unspecified atom stereocenters. The number of halogens is 1. The summed E-state index contributed by atoms with van der Waals surface area (Å²) in [6.07, 6.45) is 2.65. The van der Waals surface area contributed by atoms with Crippen molar-refractivity contribution >= 4 is 35.5 Å². The van der Waals surface area contributed by atoms with Crippen LogP contribution in [0.5, 0.6) is 11.5 Å². The van der Waals surface area contributed by atoms with Crippen LogP contribution >= 0.6 is 11.6 Å². The number of benzene rings is 1. The highest BCUT2D eigenvalue weighted by Gasteiger charge is 2.18. The van der Waals surface area contributed by atoms with Gasteiger partial charge in [0.25, 0.3) is 5.91 Å². The second-order valence-electron chi connectivity index (χ2n) is 5.10. The molecule has 0 saturated carbocycles. The molecule has 9 heteroatoms. The highest BCUT2D eigenvalue weighted by Crippen LogP contribution is 2.40. The second kappa shape index (κ2) is 8.39. The summed E-state index contributed by atoms with van der Waals surface area (Å²) in [4.78, 5) is 35.8. The summed E-state index contributed by atoms with van der Waals surface area (Å²) in [6, 6.07) is 3.28. The lowest BCUT2D eigenvalue weighted by Gasteiger charge is -2.15. The molecule has 0 aromatic heterocycles. The van der Waals surface area contributed by atoms with Gasteiger partial charge >= 0.3 is 5.97 Å². The third-order valence-corrected chi connectivity index (χ3v) is 3.57. The van der Waals surface area contributed by atoms with Gasteiger partial charge in [-0.25, -0.2) is 4.79 Å². The van der Waals surface area contributed by atoms with Gasteiger partial charge in [-0.1, -0.05) is 11.6 Å². The van der Waals surface area contributed by atoms with Gasteiger partial charge in [-0.05, 0) is 23.8 Å². The topological polar surface area (TPSA) is 94.2 Å². The van der Waals surface area contributed by atoms with Crippen LogP contribution in [0.2, 0.25) is 5.02 Å². The van der Waals surface area contributed by atoms with Crippen molar-refractivity contribution < 1.29 is 28.6 Å². The second-order valence-corrected chi connectivity index (χ2v) is 5.51. The molecule has 2 amide bonds. The first-order chi connectivity index (χ1) is 11.9. The van der Waals surface area contributed by atoms with Crippen LogP contribution in [0, 0.1) is 0 Å². The number of esters is 1. The minimum atomic E-state index is -0.699. The van der Waals surface area contributed by atoms with E-state index in [1.54, 1.807) is 12.1 Å². The molecule has 0 fully saturated rings. The molecule has 0 saturated heterocycles. The quantitative estimate of drug-likeness (QED) is 0.590. The highest BCUT2D eigenvalue weighted by molar-refractivity contribution is 6.32. The zero-order valence-corrected chi connectivity index (χ0v) is 14.5. The number of likely N-dealkylation sites (N-methyl/N-ethyl adjacent to an activating group) is 2. The molecule has 0 bridgehead atoms. The number of fused-ring (bicyclic) bond motifs is 1. The molecule has 0 radical (unpaired) electrons. The van der Waals surface area contributed by atoms with Gasteiger partial charge in [0, 0.05) is 20.2 Å². The van der Waals surface area contributed by atoms with Gasteiger partial charge in [-0.2, -0.15) is 0 Å². The monoisotopic (exact) mass is 368 g/mol. The lowest BCUT2D eigenvalue weighted by molar-refractivity contribution is -0.148. The van der Waals surface area contributed by atoms with Gasteiger partial charge in [0.1, 0.15) is 0 Å². The molecule has 0 aliphatic carbocycles. The van der Waals surface area contributed by atoms with Crippen LogP contribution in [0.3, 0.4) is 0 Å². The SMILES string of the molecule is CNC(=O)CN(C)C(=O)COC(=O)/C=C/c1cc(Cl)c2c(c1)OCO2. The van der Waals surface area contributed by atoms with Gasteiger partial charge in [0.15, 0.2) is 18.1 Å². The largest absolute Gasteiger partial charge is 0.454 e. The van der Waals surface area contributed by atoms with E-state index in [0.717, 1.165) is 4.90 Å². The van der Waals surface area contributed by atoms with E-state index in [1.165, 1.54) is 26.2 Å². The van der Waals surface area contributed by atoms with E-state index >= 15 is 0 Å². The van der Waals surface area contributed by atoms with Crippen molar-refractivity contribution in [2.45, 2.75) is 0 Å². The van der Waals surface area contributed by atoms with Crippen molar-refractivity contribution in [2.75, 3.05) is 34.0 Å². The molecular weight excluding hydrogens is 352 g/mol. The zero-order chi connectivity index (χ0) is 18.4. The Balaban J connectivity index is 1.86. The minimum absolute atomic E-state index is 0.0932. The van der Waals surface area contributed by atoms with E-state index in [1.807, 2.05) is 0 Å². The molecule has 1 N–H and O–H groups in total. The fourth-order valence-electron chi connectivity index (χ4n) is 1.92. The first kappa shape index (κ1) is 18.6. The zero-order valence-electron chi connectivity index (χ0n) is 13.7. The van der Waals surface area contributed by atoms with Gasteiger partial charge < -0.3 is 24.4 Å². The summed E-state index contributed by atoms with van der Waals surface area (Å²) < 4.78 is 15.3. The summed E-state index contributed by atoms with van der Waals surface area (Å²) in [5.41, 5.74) is 0.620.